The molecule has 1 amide bonds. The molecule has 156 valence electrons. The van der Waals surface area contributed by atoms with Crippen molar-refractivity contribution in [3.63, 3.8) is 0 Å². The Morgan fingerprint density at radius 1 is 1.17 bits per heavy atom. The lowest BCUT2D eigenvalue weighted by Crippen LogP contribution is -2.46. The first kappa shape index (κ1) is 19.9. The van der Waals surface area contributed by atoms with Crippen LogP contribution in [0, 0.1) is 6.92 Å². The predicted molar refractivity (Wildman–Crippen MR) is 116 cm³/mol. The first-order chi connectivity index (χ1) is 14.4. The van der Waals surface area contributed by atoms with Crippen molar-refractivity contribution in [3.8, 4) is 5.75 Å². The predicted octanol–water partition coefficient (Wildman–Crippen LogP) is 2.87. The molecule has 0 spiro atoms. The van der Waals surface area contributed by atoms with E-state index in [4.69, 9.17) is 4.74 Å². The SMILES string of the molecule is CCC(C)n1c(=O)c2ccccc2n(CC(=O)N2CCOc3ccc(C)cc32)c1=O. The molecule has 3 aromatic rings. The second-order valence-electron chi connectivity index (χ2n) is 7.68. The van der Waals surface area contributed by atoms with Crippen LogP contribution in [-0.2, 0) is 11.3 Å². The molecule has 0 N–H and O–H groups in total. The molecule has 0 radical (unpaired) electrons. The van der Waals surface area contributed by atoms with E-state index in [2.05, 4.69) is 0 Å². The standard InChI is InChI=1S/C23H25N3O4/c1-4-16(3)26-22(28)17-7-5-6-8-18(17)25(23(26)29)14-21(27)24-11-12-30-20-10-9-15(2)13-19(20)24/h5-10,13,16H,4,11-12,14H2,1-3H3. The zero-order valence-electron chi connectivity index (χ0n) is 17.4. The van der Waals surface area contributed by atoms with Gasteiger partial charge in [0.15, 0.2) is 0 Å². The molecule has 1 aliphatic rings. The minimum Gasteiger partial charge on any atom is -0.490 e. The molecule has 7 heteroatoms. The van der Waals surface area contributed by atoms with E-state index in [1.165, 1.54) is 9.13 Å². The van der Waals surface area contributed by atoms with Crippen LogP contribution in [0.5, 0.6) is 5.75 Å². The zero-order valence-corrected chi connectivity index (χ0v) is 17.4. The summed E-state index contributed by atoms with van der Waals surface area (Å²) in [6, 6.07) is 12.4. The molecule has 1 atom stereocenters. The molecule has 30 heavy (non-hydrogen) atoms. The molecule has 1 aromatic heterocycles. The van der Waals surface area contributed by atoms with E-state index in [9.17, 15) is 14.4 Å². The number of benzene rings is 2. The van der Waals surface area contributed by atoms with Gasteiger partial charge in [-0.25, -0.2) is 4.79 Å². The summed E-state index contributed by atoms with van der Waals surface area (Å²) in [6.45, 7) is 6.37. The number of anilines is 1. The number of carbonyl (C=O) groups excluding carboxylic acids is 1. The molecule has 1 unspecified atom stereocenters. The maximum absolute atomic E-state index is 13.3. The van der Waals surface area contributed by atoms with Gasteiger partial charge in [-0.05, 0) is 50.1 Å². The van der Waals surface area contributed by atoms with Crippen molar-refractivity contribution >= 4 is 22.5 Å². The van der Waals surface area contributed by atoms with Gasteiger partial charge in [0, 0.05) is 6.04 Å². The first-order valence-electron chi connectivity index (χ1n) is 10.2. The van der Waals surface area contributed by atoms with Gasteiger partial charge in [-0.15, -0.1) is 0 Å². The molecule has 0 aliphatic carbocycles. The molecule has 0 bridgehead atoms. The molecule has 2 heterocycles. The van der Waals surface area contributed by atoms with Crippen LogP contribution in [0.25, 0.3) is 10.9 Å². The van der Waals surface area contributed by atoms with Gasteiger partial charge in [-0.3, -0.25) is 18.7 Å². The molecule has 1 aliphatic heterocycles. The van der Waals surface area contributed by atoms with Gasteiger partial charge in [-0.2, -0.15) is 0 Å². The number of carbonyl (C=O) groups is 1. The summed E-state index contributed by atoms with van der Waals surface area (Å²) in [5.74, 6) is 0.439. The monoisotopic (exact) mass is 407 g/mol. The maximum Gasteiger partial charge on any atom is 0.332 e. The number of hydrogen-bond acceptors (Lipinski definition) is 4. The van der Waals surface area contributed by atoms with E-state index in [0.717, 1.165) is 5.56 Å². The molecular formula is C23H25N3O4. The van der Waals surface area contributed by atoms with Gasteiger partial charge in [0.2, 0.25) is 5.91 Å². The Labute approximate surface area is 174 Å². The van der Waals surface area contributed by atoms with E-state index in [0.29, 0.717) is 41.9 Å². The van der Waals surface area contributed by atoms with Gasteiger partial charge >= 0.3 is 5.69 Å². The number of hydrogen-bond donors (Lipinski definition) is 0. The summed E-state index contributed by atoms with van der Waals surface area (Å²) in [4.78, 5) is 41.1. The van der Waals surface area contributed by atoms with Crippen molar-refractivity contribution < 1.29 is 9.53 Å². The molecule has 0 saturated heterocycles. The maximum atomic E-state index is 13.3. The summed E-state index contributed by atoms with van der Waals surface area (Å²) >= 11 is 0. The quantitative estimate of drug-likeness (QED) is 0.667. The van der Waals surface area contributed by atoms with E-state index in [1.54, 1.807) is 29.2 Å². The molecule has 7 nitrogen and oxygen atoms in total. The fourth-order valence-electron chi connectivity index (χ4n) is 3.87. The number of amides is 1. The number of para-hydroxylation sites is 1. The summed E-state index contributed by atoms with van der Waals surface area (Å²) < 4.78 is 8.35. The molecule has 0 fully saturated rings. The third-order valence-corrected chi connectivity index (χ3v) is 5.68. The number of nitrogens with zero attached hydrogens (tertiary/aromatic N) is 3. The van der Waals surface area contributed by atoms with Gasteiger partial charge in [0.1, 0.15) is 18.9 Å². The summed E-state index contributed by atoms with van der Waals surface area (Å²) in [5, 5.41) is 0.434. The second-order valence-corrected chi connectivity index (χ2v) is 7.68. The molecular weight excluding hydrogens is 382 g/mol. The smallest absolute Gasteiger partial charge is 0.332 e. The van der Waals surface area contributed by atoms with Gasteiger partial charge in [-0.1, -0.05) is 25.1 Å². The Morgan fingerprint density at radius 2 is 1.93 bits per heavy atom. The number of fused-ring (bicyclic) bond motifs is 2. The Balaban J connectivity index is 1.82. The fraction of sp³-hybridized carbons (Fsp3) is 0.348. The van der Waals surface area contributed by atoms with Gasteiger partial charge in [0.05, 0.1) is 23.1 Å². The lowest BCUT2D eigenvalue weighted by molar-refractivity contribution is -0.119. The van der Waals surface area contributed by atoms with Crippen LogP contribution in [0.2, 0.25) is 0 Å². The van der Waals surface area contributed by atoms with Crippen molar-refractivity contribution in [2.75, 3.05) is 18.1 Å². The highest BCUT2D eigenvalue weighted by molar-refractivity contribution is 5.96. The summed E-state index contributed by atoms with van der Waals surface area (Å²) in [6.07, 6.45) is 0.636. The normalized spacial score (nSPS) is 14.3. The Hall–Kier alpha value is -3.35. The van der Waals surface area contributed by atoms with Crippen molar-refractivity contribution in [1.82, 2.24) is 9.13 Å². The Kier molecular flexibility index (Phi) is 5.20. The van der Waals surface area contributed by atoms with Crippen molar-refractivity contribution in [2.24, 2.45) is 0 Å². The van der Waals surface area contributed by atoms with Crippen LogP contribution in [-0.4, -0.2) is 28.2 Å². The summed E-state index contributed by atoms with van der Waals surface area (Å²) in [7, 11) is 0. The zero-order chi connectivity index (χ0) is 21.4. The lowest BCUT2D eigenvalue weighted by atomic mass is 10.1. The second kappa shape index (κ2) is 7.82. The van der Waals surface area contributed by atoms with Crippen LogP contribution in [0.4, 0.5) is 5.69 Å². The lowest BCUT2D eigenvalue weighted by Gasteiger charge is -2.30. The molecule has 0 saturated carbocycles. The van der Waals surface area contributed by atoms with Gasteiger partial charge < -0.3 is 9.64 Å². The first-order valence-corrected chi connectivity index (χ1v) is 10.2. The van der Waals surface area contributed by atoms with Crippen molar-refractivity contribution in [3.05, 3.63) is 68.9 Å². The third kappa shape index (κ3) is 3.30. The largest absolute Gasteiger partial charge is 0.490 e. The van der Waals surface area contributed by atoms with Crippen LogP contribution < -0.4 is 20.9 Å². The number of aryl methyl sites for hydroxylation is 1. The highest BCUT2D eigenvalue weighted by atomic mass is 16.5. The highest BCUT2D eigenvalue weighted by Crippen LogP contribution is 2.32. The van der Waals surface area contributed by atoms with E-state index in [1.807, 2.05) is 39.0 Å². The number of rotatable bonds is 4. The Morgan fingerprint density at radius 3 is 2.70 bits per heavy atom. The van der Waals surface area contributed by atoms with E-state index < -0.39 is 5.69 Å². The number of aromatic nitrogens is 2. The van der Waals surface area contributed by atoms with Gasteiger partial charge in [0.25, 0.3) is 5.56 Å². The molecule has 2 aromatic carbocycles. The van der Waals surface area contributed by atoms with Crippen LogP contribution in [0.3, 0.4) is 0 Å². The fourth-order valence-corrected chi connectivity index (χ4v) is 3.87. The highest BCUT2D eigenvalue weighted by Gasteiger charge is 2.26. The summed E-state index contributed by atoms with van der Waals surface area (Å²) in [5.41, 5.74) is 1.42. The van der Waals surface area contributed by atoms with Crippen molar-refractivity contribution in [1.29, 1.82) is 0 Å². The van der Waals surface area contributed by atoms with Crippen LogP contribution >= 0.6 is 0 Å². The van der Waals surface area contributed by atoms with E-state index >= 15 is 0 Å². The Bertz CT molecular complexity index is 1240. The minimum absolute atomic E-state index is 0.149. The molecule has 4 rings (SSSR count). The average Bonchev–Trinajstić information content (AvgIpc) is 2.75. The van der Waals surface area contributed by atoms with E-state index in [-0.39, 0.29) is 24.1 Å². The van der Waals surface area contributed by atoms with Crippen molar-refractivity contribution in [2.45, 2.75) is 39.8 Å². The topological polar surface area (TPSA) is 73.5 Å². The van der Waals surface area contributed by atoms with Crippen LogP contribution in [0.15, 0.2) is 52.1 Å². The minimum atomic E-state index is -0.459. The average molecular weight is 407 g/mol. The number of ether oxygens (including phenoxy) is 1. The van der Waals surface area contributed by atoms with Crippen LogP contribution in [0.1, 0.15) is 31.9 Å². The third-order valence-electron chi connectivity index (χ3n) is 5.68.